The molecule has 3 aliphatic heterocycles. The van der Waals surface area contributed by atoms with Gasteiger partial charge in [-0.25, -0.2) is 23.4 Å². The maximum Gasteiger partial charge on any atom is 0.245 e. The Bertz CT molecular complexity index is 2700. The molecule has 0 radical (unpaired) electrons. The average molecular weight is 834 g/mol. The molecule has 3 N–H and O–H groups in total. The summed E-state index contributed by atoms with van der Waals surface area (Å²) in [6.07, 6.45) is 3.22. The van der Waals surface area contributed by atoms with E-state index in [1.807, 2.05) is 41.0 Å². The Morgan fingerprint density at radius 2 is 1.93 bits per heavy atom. The van der Waals surface area contributed by atoms with Crippen LogP contribution in [0.1, 0.15) is 12.2 Å². The maximum absolute atomic E-state index is 15.4. The van der Waals surface area contributed by atoms with Crippen molar-refractivity contribution in [3.8, 4) is 17.1 Å². The van der Waals surface area contributed by atoms with Crippen molar-refractivity contribution in [1.82, 2.24) is 49.1 Å². The van der Waals surface area contributed by atoms with Gasteiger partial charge in [0.25, 0.3) is 0 Å². The number of amides is 1. The standard InChI is InChI=1S/C40H41F2N15O2S/c1-22-17-53(39(44)60-21-43)12-13-54(22)40-50-36(27-16-46-57(37(27)51-40)31-9-8-24(41)14-28(31)42)56-18-25-15-32(56)38(58)52(3)19-26(59-4)20-55-23(2)47-30-10-11-45-34(35(30)55)29-6-5-7-33(48-25)49-29/h5-11,14,16,21,25-26,32,43-44H,1,12-13,15,17-20H2,2-4H3,(H,48,49)/t25-,26-,32-/m0/s1. The number of rotatable bonds is 5. The smallest absolute Gasteiger partial charge is 0.245 e. The molecule has 308 valence electrons. The first-order chi connectivity index (χ1) is 29.0. The number of amidine groups is 1. The summed E-state index contributed by atoms with van der Waals surface area (Å²) in [5, 5.41) is 24.6. The van der Waals surface area contributed by atoms with E-state index >= 15 is 4.39 Å². The van der Waals surface area contributed by atoms with Crippen molar-refractivity contribution in [2.24, 2.45) is 0 Å². The van der Waals surface area contributed by atoms with Gasteiger partial charge in [-0.1, -0.05) is 12.6 Å². The van der Waals surface area contributed by atoms with Gasteiger partial charge in [0.05, 0.1) is 53.1 Å². The number of nitrogens with one attached hydrogen (secondary N) is 3. The Labute approximate surface area is 347 Å². The number of nitrogens with zero attached hydrogens (tertiary/aromatic N) is 12. The molecule has 8 heterocycles. The second-order valence-electron chi connectivity index (χ2n) is 14.9. The van der Waals surface area contributed by atoms with Crippen LogP contribution in [0.15, 0.2) is 67.1 Å². The molecule has 6 aromatic rings. The van der Waals surface area contributed by atoms with Gasteiger partial charge in [0.15, 0.2) is 16.6 Å². The highest BCUT2D eigenvalue weighted by molar-refractivity contribution is 8.24. The number of fused-ring (bicyclic) bond motifs is 6. The SMILES string of the molecule is C=C1CN(C(=N)SC=N)CCN1c1nc(N2C[C@@H]3C[C@H]2C(=O)N(C)C[C@H](OC)Cn2c(C)nc4ccnc(c42)-c2cccc(n2)N3)c2cnn(-c3ccc(F)cc3F)c2n1. The fourth-order valence-corrected chi connectivity index (χ4v) is 8.71. The number of benzene rings is 1. The Morgan fingerprint density at radius 3 is 2.72 bits per heavy atom. The number of anilines is 3. The maximum atomic E-state index is 15.4. The van der Waals surface area contributed by atoms with Crippen molar-refractivity contribution in [1.29, 1.82) is 10.8 Å². The summed E-state index contributed by atoms with van der Waals surface area (Å²) in [6, 6.07) is 9.81. The molecule has 2 saturated heterocycles. The molecule has 0 spiro atoms. The summed E-state index contributed by atoms with van der Waals surface area (Å²) in [5.74, 6) is 0.262. The van der Waals surface area contributed by atoms with Crippen molar-refractivity contribution in [3.05, 3.63) is 84.6 Å². The Balaban J connectivity index is 1.16. The van der Waals surface area contributed by atoms with E-state index in [1.54, 1.807) is 30.2 Å². The zero-order valence-corrected chi connectivity index (χ0v) is 33.8. The minimum absolute atomic E-state index is 0.0180. The highest BCUT2D eigenvalue weighted by Crippen LogP contribution is 2.36. The van der Waals surface area contributed by atoms with Gasteiger partial charge < -0.3 is 39.6 Å². The predicted molar refractivity (Wildman–Crippen MR) is 226 cm³/mol. The Hall–Kier alpha value is -6.54. The molecule has 17 nitrogen and oxygen atoms in total. The van der Waals surface area contributed by atoms with Gasteiger partial charge in [0.2, 0.25) is 11.9 Å². The predicted octanol–water partition coefficient (Wildman–Crippen LogP) is 4.67. The molecular formula is C40H41F2N15O2S. The topological polar surface area (TPSA) is 186 Å². The van der Waals surface area contributed by atoms with Crippen LogP contribution in [0.3, 0.4) is 0 Å². The molecule has 5 aromatic heterocycles. The molecule has 1 amide bonds. The van der Waals surface area contributed by atoms with Crippen LogP contribution in [0, 0.1) is 29.4 Å². The molecule has 20 heteroatoms. The summed E-state index contributed by atoms with van der Waals surface area (Å²) in [5.41, 5.74) is 4.86. The van der Waals surface area contributed by atoms with Gasteiger partial charge >= 0.3 is 0 Å². The van der Waals surface area contributed by atoms with Crippen LogP contribution in [-0.2, 0) is 16.1 Å². The fourth-order valence-electron chi connectivity index (χ4n) is 8.29. The third-order valence-corrected chi connectivity index (χ3v) is 11.8. The van der Waals surface area contributed by atoms with Crippen LogP contribution in [0.5, 0.6) is 0 Å². The highest BCUT2D eigenvalue weighted by atomic mass is 32.2. The number of imidazole rings is 1. The Kier molecular flexibility index (Phi) is 10.1. The summed E-state index contributed by atoms with van der Waals surface area (Å²) >= 11 is 0.994. The molecule has 2 fully saturated rings. The number of piperazine rings is 1. The van der Waals surface area contributed by atoms with Crippen molar-refractivity contribution in [2.45, 2.75) is 38.1 Å². The number of likely N-dealkylation sites (N-methyl/N-ethyl adjacent to an activating group) is 1. The van der Waals surface area contributed by atoms with Crippen LogP contribution < -0.4 is 15.1 Å². The van der Waals surface area contributed by atoms with E-state index < -0.39 is 23.8 Å². The third kappa shape index (κ3) is 6.93. The lowest BCUT2D eigenvalue weighted by atomic mass is 10.1. The molecule has 0 aliphatic carbocycles. The number of hydrogen-bond donors (Lipinski definition) is 3. The second-order valence-corrected chi connectivity index (χ2v) is 15.8. The summed E-state index contributed by atoms with van der Waals surface area (Å²) in [4.78, 5) is 46.7. The average Bonchev–Trinajstić information content (AvgIpc) is 3.94. The molecule has 1 aromatic carbocycles. The summed E-state index contributed by atoms with van der Waals surface area (Å²) in [7, 11) is 3.39. The first kappa shape index (κ1) is 38.9. The lowest BCUT2D eigenvalue weighted by Crippen LogP contribution is -2.48. The van der Waals surface area contributed by atoms with Crippen molar-refractivity contribution in [3.63, 3.8) is 0 Å². The van der Waals surface area contributed by atoms with E-state index in [2.05, 4.69) is 21.6 Å². The van der Waals surface area contributed by atoms with E-state index in [-0.39, 0.29) is 47.5 Å². The molecule has 60 heavy (non-hydrogen) atoms. The number of ether oxygens (including phenoxy) is 1. The monoisotopic (exact) mass is 833 g/mol. The number of methoxy groups -OCH3 is 1. The van der Waals surface area contributed by atoms with E-state index in [9.17, 15) is 9.18 Å². The Morgan fingerprint density at radius 1 is 1.08 bits per heavy atom. The lowest BCUT2D eigenvalue weighted by molar-refractivity contribution is -0.132. The number of carbonyl (C=O) groups is 1. The minimum atomic E-state index is -0.831. The number of aromatic nitrogens is 8. The quantitative estimate of drug-likeness (QED) is 0.161. The largest absolute Gasteiger partial charge is 0.378 e. The number of halogens is 2. The van der Waals surface area contributed by atoms with Gasteiger partial charge in [-0.3, -0.25) is 15.2 Å². The lowest BCUT2D eigenvalue weighted by Gasteiger charge is -2.37. The third-order valence-electron chi connectivity index (χ3n) is 11.2. The highest BCUT2D eigenvalue weighted by Gasteiger charge is 2.41. The minimum Gasteiger partial charge on any atom is -0.378 e. The molecule has 3 atom stereocenters. The van der Waals surface area contributed by atoms with Crippen molar-refractivity contribution < 1.29 is 18.3 Å². The number of thioether (sulfide) groups is 1. The van der Waals surface area contributed by atoms with Crippen molar-refractivity contribution >= 4 is 68.0 Å². The second kappa shape index (κ2) is 15.6. The van der Waals surface area contributed by atoms with Gasteiger partial charge in [0, 0.05) is 64.3 Å². The molecule has 3 aliphatic rings. The molecule has 0 unspecified atom stereocenters. The summed E-state index contributed by atoms with van der Waals surface area (Å²) in [6.45, 7) is 8.24. The molecule has 0 saturated carbocycles. The van der Waals surface area contributed by atoms with E-state index in [1.165, 1.54) is 16.9 Å². The van der Waals surface area contributed by atoms with Crippen molar-refractivity contribution in [2.75, 3.05) is 62.0 Å². The van der Waals surface area contributed by atoms with E-state index in [4.69, 9.17) is 40.5 Å². The molecular weight excluding hydrogens is 793 g/mol. The van der Waals surface area contributed by atoms with E-state index in [0.717, 1.165) is 46.3 Å². The van der Waals surface area contributed by atoms with Crippen LogP contribution in [0.4, 0.5) is 26.4 Å². The zero-order chi connectivity index (χ0) is 41.8. The van der Waals surface area contributed by atoms with Crippen LogP contribution in [0.25, 0.3) is 39.1 Å². The van der Waals surface area contributed by atoms with E-state index in [0.29, 0.717) is 66.7 Å². The van der Waals surface area contributed by atoms with Gasteiger partial charge in [-0.2, -0.15) is 15.1 Å². The first-order valence-corrected chi connectivity index (χ1v) is 20.1. The van der Waals surface area contributed by atoms with Crippen LogP contribution >= 0.6 is 11.8 Å². The number of pyridine rings is 2. The van der Waals surface area contributed by atoms with Gasteiger partial charge in [-0.05, 0) is 55.4 Å². The first-order valence-electron chi connectivity index (χ1n) is 19.3. The van der Waals surface area contributed by atoms with Crippen LogP contribution in [-0.4, -0.2) is 131 Å². The molecule has 4 bridgehead atoms. The summed E-state index contributed by atoms with van der Waals surface area (Å²) < 4.78 is 38.9. The van der Waals surface area contributed by atoms with Gasteiger partial charge in [0.1, 0.15) is 40.7 Å². The normalized spacial score (nSPS) is 19.8. The van der Waals surface area contributed by atoms with Crippen LogP contribution in [0.2, 0.25) is 0 Å². The zero-order valence-electron chi connectivity index (χ0n) is 33.0. The van der Waals surface area contributed by atoms with Gasteiger partial charge in [-0.15, -0.1) is 0 Å². The number of hydrogen-bond acceptors (Lipinski definition) is 14. The fraction of sp³-hybridized carbons (Fsp3) is 0.325. The number of aryl methyl sites for hydroxylation is 1. The number of carbonyl (C=O) groups excluding carboxylic acids is 1. The molecule has 9 rings (SSSR count).